The molecule has 2 heterocycles. The van der Waals surface area contributed by atoms with Gasteiger partial charge in [-0.2, -0.15) is 5.10 Å². The van der Waals surface area contributed by atoms with Crippen molar-refractivity contribution in [3.05, 3.63) is 57.9 Å². The predicted octanol–water partition coefficient (Wildman–Crippen LogP) is 2.96. The first-order valence-corrected chi connectivity index (χ1v) is 5.77. The fourth-order valence-electron chi connectivity index (χ4n) is 1.86. The Kier molecular flexibility index (Phi) is 2.64. The van der Waals surface area contributed by atoms with Gasteiger partial charge in [0.05, 0.1) is 21.8 Å². The Morgan fingerprint density at radius 1 is 1.21 bits per heavy atom. The first-order valence-electron chi connectivity index (χ1n) is 5.40. The van der Waals surface area contributed by atoms with Gasteiger partial charge in [0.2, 0.25) is 0 Å². The maximum atomic E-state index is 10.8. The molecule has 0 aliphatic carbocycles. The van der Waals surface area contributed by atoms with E-state index in [9.17, 15) is 10.1 Å². The molecule has 0 radical (unpaired) electrons. The molecule has 0 atom stereocenters. The Bertz CT molecular complexity index is 784. The van der Waals surface area contributed by atoms with Crippen LogP contribution in [0.15, 0.2) is 42.7 Å². The SMILES string of the molecule is O=[N+]([O-])c1ccc(Cl)c(-c2ccnc3ccnn23)c1. The summed E-state index contributed by atoms with van der Waals surface area (Å²) in [5.41, 5.74) is 1.84. The third kappa shape index (κ3) is 1.92. The third-order valence-corrected chi connectivity index (χ3v) is 3.06. The molecule has 0 fully saturated rings. The van der Waals surface area contributed by atoms with Gasteiger partial charge in [0.15, 0.2) is 5.65 Å². The summed E-state index contributed by atoms with van der Waals surface area (Å²) in [7, 11) is 0. The molecule has 0 saturated carbocycles. The quantitative estimate of drug-likeness (QED) is 0.532. The van der Waals surface area contributed by atoms with Gasteiger partial charge in [-0.05, 0) is 12.1 Å². The fourth-order valence-corrected chi connectivity index (χ4v) is 2.08. The van der Waals surface area contributed by atoms with Crippen molar-refractivity contribution in [1.29, 1.82) is 0 Å². The van der Waals surface area contributed by atoms with E-state index in [1.54, 1.807) is 29.0 Å². The number of hydrogen-bond donors (Lipinski definition) is 0. The van der Waals surface area contributed by atoms with Gasteiger partial charge in [-0.1, -0.05) is 11.6 Å². The Hall–Kier alpha value is -2.47. The van der Waals surface area contributed by atoms with Crippen LogP contribution in [-0.4, -0.2) is 19.5 Å². The highest BCUT2D eigenvalue weighted by atomic mass is 35.5. The van der Waals surface area contributed by atoms with Crippen LogP contribution in [-0.2, 0) is 0 Å². The van der Waals surface area contributed by atoms with E-state index >= 15 is 0 Å². The topological polar surface area (TPSA) is 73.3 Å². The average molecular weight is 275 g/mol. The highest BCUT2D eigenvalue weighted by Gasteiger charge is 2.14. The summed E-state index contributed by atoms with van der Waals surface area (Å²) in [5.74, 6) is 0. The van der Waals surface area contributed by atoms with E-state index in [1.807, 2.05) is 0 Å². The molecule has 0 N–H and O–H groups in total. The number of hydrogen-bond acceptors (Lipinski definition) is 4. The van der Waals surface area contributed by atoms with Gasteiger partial charge in [0, 0.05) is 30.0 Å². The minimum atomic E-state index is -0.457. The van der Waals surface area contributed by atoms with Crippen molar-refractivity contribution in [3.8, 4) is 11.3 Å². The molecule has 0 spiro atoms. The molecule has 3 rings (SSSR count). The largest absolute Gasteiger partial charge is 0.270 e. The number of fused-ring (bicyclic) bond motifs is 1. The van der Waals surface area contributed by atoms with Crippen LogP contribution in [0.3, 0.4) is 0 Å². The zero-order chi connectivity index (χ0) is 13.4. The molecular formula is C12H7ClN4O2. The average Bonchev–Trinajstić information content (AvgIpc) is 2.87. The lowest BCUT2D eigenvalue weighted by atomic mass is 10.1. The summed E-state index contributed by atoms with van der Waals surface area (Å²) in [5, 5.41) is 15.4. The maximum absolute atomic E-state index is 10.8. The van der Waals surface area contributed by atoms with Crippen LogP contribution in [0.4, 0.5) is 5.69 Å². The molecule has 1 aromatic carbocycles. The number of nitro groups is 1. The van der Waals surface area contributed by atoms with E-state index in [-0.39, 0.29) is 5.69 Å². The van der Waals surface area contributed by atoms with Gasteiger partial charge in [-0.3, -0.25) is 10.1 Å². The molecule has 2 aromatic heterocycles. The van der Waals surface area contributed by atoms with Crippen LogP contribution in [0.2, 0.25) is 5.02 Å². The summed E-state index contributed by atoms with van der Waals surface area (Å²) >= 11 is 6.12. The molecule has 6 nitrogen and oxygen atoms in total. The molecule has 0 unspecified atom stereocenters. The Morgan fingerprint density at radius 2 is 2.05 bits per heavy atom. The van der Waals surface area contributed by atoms with E-state index in [4.69, 9.17) is 11.6 Å². The predicted molar refractivity (Wildman–Crippen MR) is 70.1 cm³/mol. The lowest BCUT2D eigenvalue weighted by molar-refractivity contribution is -0.384. The van der Waals surface area contributed by atoms with Crippen molar-refractivity contribution in [1.82, 2.24) is 14.6 Å². The van der Waals surface area contributed by atoms with Gasteiger partial charge >= 0.3 is 0 Å². The molecule has 7 heteroatoms. The fraction of sp³-hybridized carbons (Fsp3) is 0. The summed E-state index contributed by atoms with van der Waals surface area (Å²) in [6, 6.07) is 7.76. The highest BCUT2D eigenvalue weighted by Crippen LogP contribution is 2.31. The van der Waals surface area contributed by atoms with Crippen molar-refractivity contribution < 1.29 is 4.92 Å². The van der Waals surface area contributed by atoms with Crippen molar-refractivity contribution in [2.45, 2.75) is 0 Å². The van der Waals surface area contributed by atoms with E-state index in [2.05, 4.69) is 10.1 Å². The van der Waals surface area contributed by atoms with Crippen LogP contribution in [0.25, 0.3) is 16.9 Å². The summed E-state index contributed by atoms with van der Waals surface area (Å²) in [6.45, 7) is 0. The van der Waals surface area contributed by atoms with Crippen molar-refractivity contribution in [3.63, 3.8) is 0 Å². The molecular weight excluding hydrogens is 268 g/mol. The zero-order valence-electron chi connectivity index (χ0n) is 9.52. The van der Waals surface area contributed by atoms with Crippen LogP contribution in [0, 0.1) is 10.1 Å². The maximum Gasteiger partial charge on any atom is 0.270 e. The van der Waals surface area contributed by atoms with Crippen LogP contribution < -0.4 is 0 Å². The van der Waals surface area contributed by atoms with E-state index in [1.165, 1.54) is 18.2 Å². The standard InChI is InChI=1S/C12H7ClN4O2/c13-10-2-1-8(17(18)19)7-9(10)11-3-5-14-12-4-6-15-16(11)12/h1-7H. The second-order valence-corrected chi connectivity index (χ2v) is 4.26. The molecule has 0 aliphatic heterocycles. The number of non-ortho nitro benzene ring substituents is 1. The van der Waals surface area contributed by atoms with Gasteiger partial charge in [0.1, 0.15) is 0 Å². The van der Waals surface area contributed by atoms with Gasteiger partial charge < -0.3 is 0 Å². The smallest absolute Gasteiger partial charge is 0.258 e. The first kappa shape index (κ1) is 11.6. The number of rotatable bonds is 2. The zero-order valence-corrected chi connectivity index (χ0v) is 10.3. The molecule has 3 aromatic rings. The number of benzene rings is 1. The first-order chi connectivity index (χ1) is 9.16. The van der Waals surface area contributed by atoms with Crippen molar-refractivity contribution >= 4 is 22.9 Å². The lowest BCUT2D eigenvalue weighted by Gasteiger charge is -2.06. The van der Waals surface area contributed by atoms with Crippen molar-refractivity contribution in [2.24, 2.45) is 0 Å². The molecule has 0 aliphatic rings. The highest BCUT2D eigenvalue weighted by molar-refractivity contribution is 6.33. The summed E-state index contributed by atoms with van der Waals surface area (Å²) in [4.78, 5) is 14.5. The minimum absolute atomic E-state index is 0.0171. The summed E-state index contributed by atoms with van der Waals surface area (Å²) < 4.78 is 1.59. The number of aromatic nitrogens is 3. The van der Waals surface area contributed by atoms with E-state index in [0.29, 0.717) is 21.9 Å². The Labute approximate surface area is 112 Å². The lowest BCUT2D eigenvalue weighted by Crippen LogP contribution is -1.97. The number of halogens is 1. The second-order valence-electron chi connectivity index (χ2n) is 3.85. The number of nitrogens with zero attached hydrogens (tertiary/aromatic N) is 4. The molecule has 19 heavy (non-hydrogen) atoms. The minimum Gasteiger partial charge on any atom is -0.258 e. The molecule has 94 valence electrons. The van der Waals surface area contributed by atoms with Gasteiger partial charge in [0.25, 0.3) is 5.69 Å². The molecule has 0 saturated heterocycles. The Balaban J connectivity index is 2.29. The normalized spacial score (nSPS) is 10.8. The van der Waals surface area contributed by atoms with Crippen LogP contribution >= 0.6 is 11.6 Å². The van der Waals surface area contributed by atoms with E-state index < -0.39 is 4.92 Å². The van der Waals surface area contributed by atoms with Crippen molar-refractivity contribution in [2.75, 3.05) is 0 Å². The molecule has 0 bridgehead atoms. The number of nitro benzene ring substituents is 1. The Morgan fingerprint density at radius 3 is 2.84 bits per heavy atom. The molecule has 0 amide bonds. The van der Waals surface area contributed by atoms with Crippen LogP contribution in [0.1, 0.15) is 0 Å². The monoisotopic (exact) mass is 274 g/mol. The van der Waals surface area contributed by atoms with Crippen LogP contribution in [0.5, 0.6) is 0 Å². The van der Waals surface area contributed by atoms with Gasteiger partial charge in [-0.15, -0.1) is 0 Å². The second kappa shape index (κ2) is 4.33. The summed E-state index contributed by atoms with van der Waals surface area (Å²) in [6.07, 6.45) is 3.22. The van der Waals surface area contributed by atoms with E-state index in [0.717, 1.165) is 0 Å². The third-order valence-electron chi connectivity index (χ3n) is 2.73. The van der Waals surface area contributed by atoms with Gasteiger partial charge in [-0.25, -0.2) is 9.50 Å².